The fourth-order valence-corrected chi connectivity index (χ4v) is 1.64. The number of ether oxygens (including phenoxy) is 2. The fourth-order valence-electron chi connectivity index (χ4n) is 1.64. The number of nitrogens with zero attached hydrogens (tertiary/aromatic N) is 1. The van der Waals surface area contributed by atoms with E-state index in [9.17, 15) is 9.59 Å². The van der Waals surface area contributed by atoms with Gasteiger partial charge in [-0.05, 0) is 43.3 Å². The quantitative estimate of drug-likeness (QED) is 0.850. The van der Waals surface area contributed by atoms with Crippen LogP contribution in [0.1, 0.15) is 27.6 Å². The molecule has 0 unspecified atom stereocenters. The minimum absolute atomic E-state index is 0.119. The number of benzene rings is 1. The molecule has 1 aromatic heterocycles. The number of aromatic nitrogens is 1. The van der Waals surface area contributed by atoms with Crippen molar-refractivity contribution in [1.82, 2.24) is 4.98 Å². The van der Waals surface area contributed by atoms with E-state index in [0.717, 1.165) is 0 Å². The van der Waals surface area contributed by atoms with Crippen LogP contribution in [0.15, 0.2) is 42.6 Å². The molecule has 2 aromatic rings. The van der Waals surface area contributed by atoms with Crippen molar-refractivity contribution in [2.75, 3.05) is 6.61 Å². The van der Waals surface area contributed by atoms with E-state index in [4.69, 9.17) is 15.2 Å². The van der Waals surface area contributed by atoms with Crippen LogP contribution in [0.5, 0.6) is 11.6 Å². The lowest BCUT2D eigenvalue weighted by molar-refractivity contribution is 0.0526. The molecular weight excluding hydrogens is 272 g/mol. The molecule has 0 aliphatic carbocycles. The first-order valence-electron chi connectivity index (χ1n) is 6.31. The van der Waals surface area contributed by atoms with Gasteiger partial charge in [0.25, 0.3) is 5.91 Å². The summed E-state index contributed by atoms with van der Waals surface area (Å²) in [5.74, 6) is -0.473. The van der Waals surface area contributed by atoms with Crippen LogP contribution in [0.2, 0.25) is 0 Å². The molecule has 0 spiro atoms. The number of carbonyl (C=O) groups excluding carboxylic acids is 2. The number of esters is 1. The monoisotopic (exact) mass is 286 g/mol. The van der Waals surface area contributed by atoms with Gasteiger partial charge in [-0.3, -0.25) is 4.79 Å². The fraction of sp³-hybridized carbons (Fsp3) is 0.133. The molecule has 0 saturated carbocycles. The van der Waals surface area contributed by atoms with E-state index in [1.165, 1.54) is 12.3 Å². The van der Waals surface area contributed by atoms with Crippen LogP contribution in [0.3, 0.4) is 0 Å². The largest absolute Gasteiger partial charge is 0.462 e. The van der Waals surface area contributed by atoms with Crippen molar-refractivity contribution in [2.45, 2.75) is 6.92 Å². The lowest BCUT2D eigenvalue weighted by atomic mass is 10.2. The average Bonchev–Trinajstić information content (AvgIpc) is 2.48. The van der Waals surface area contributed by atoms with Gasteiger partial charge < -0.3 is 15.2 Å². The second-order valence-electron chi connectivity index (χ2n) is 4.07. The molecule has 0 aliphatic rings. The van der Waals surface area contributed by atoms with E-state index >= 15 is 0 Å². The van der Waals surface area contributed by atoms with Crippen molar-refractivity contribution in [3.63, 3.8) is 0 Å². The molecule has 0 radical (unpaired) electrons. The SMILES string of the molecule is CCOC(=O)c1ccc(Oc2ncccc2C(N)=O)cc1. The number of carbonyl (C=O) groups is 2. The number of nitrogens with two attached hydrogens (primary N) is 1. The standard InChI is InChI=1S/C15H14N2O4/c1-2-20-15(19)10-5-7-11(8-6-10)21-14-12(13(16)18)4-3-9-17-14/h3-9H,2H2,1H3,(H2,16,18). The highest BCUT2D eigenvalue weighted by Gasteiger charge is 2.11. The Labute approximate surface area is 121 Å². The Balaban J connectivity index is 2.18. The van der Waals surface area contributed by atoms with Gasteiger partial charge in [0.15, 0.2) is 0 Å². The maximum Gasteiger partial charge on any atom is 0.338 e. The molecular formula is C15H14N2O4. The van der Waals surface area contributed by atoms with E-state index in [2.05, 4.69) is 4.98 Å². The highest BCUT2D eigenvalue weighted by Crippen LogP contribution is 2.23. The zero-order valence-corrected chi connectivity index (χ0v) is 11.4. The smallest absolute Gasteiger partial charge is 0.338 e. The van der Waals surface area contributed by atoms with Gasteiger partial charge in [-0.1, -0.05) is 0 Å². The summed E-state index contributed by atoms with van der Waals surface area (Å²) >= 11 is 0. The summed E-state index contributed by atoms with van der Waals surface area (Å²) < 4.78 is 10.4. The third-order valence-electron chi connectivity index (χ3n) is 2.62. The van der Waals surface area contributed by atoms with Crippen LogP contribution in [-0.2, 0) is 4.74 Å². The molecule has 0 saturated heterocycles. The van der Waals surface area contributed by atoms with Crippen LogP contribution in [0.4, 0.5) is 0 Å². The molecule has 21 heavy (non-hydrogen) atoms. The number of pyridine rings is 1. The van der Waals surface area contributed by atoms with Crippen LogP contribution in [0, 0.1) is 0 Å². The predicted octanol–water partition coefficient (Wildman–Crippen LogP) is 2.15. The number of rotatable bonds is 5. The zero-order chi connectivity index (χ0) is 15.2. The number of hydrogen-bond acceptors (Lipinski definition) is 5. The van der Waals surface area contributed by atoms with E-state index in [1.807, 2.05) is 0 Å². The van der Waals surface area contributed by atoms with E-state index < -0.39 is 11.9 Å². The predicted molar refractivity (Wildman–Crippen MR) is 75.2 cm³/mol. The molecule has 108 valence electrons. The first kappa shape index (κ1) is 14.5. The lowest BCUT2D eigenvalue weighted by Crippen LogP contribution is -2.12. The summed E-state index contributed by atoms with van der Waals surface area (Å²) in [6, 6.07) is 9.44. The highest BCUT2D eigenvalue weighted by atomic mass is 16.5. The average molecular weight is 286 g/mol. The van der Waals surface area contributed by atoms with Crippen LogP contribution in [-0.4, -0.2) is 23.5 Å². The lowest BCUT2D eigenvalue weighted by Gasteiger charge is -2.08. The molecule has 2 N–H and O–H groups in total. The Morgan fingerprint density at radius 3 is 2.52 bits per heavy atom. The first-order valence-corrected chi connectivity index (χ1v) is 6.31. The normalized spacial score (nSPS) is 9.95. The molecule has 0 aliphatic heterocycles. The first-order chi connectivity index (χ1) is 10.1. The second-order valence-corrected chi connectivity index (χ2v) is 4.07. The minimum atomic E-state index is -0.624. The topological polar surface area (TPSA) is 91.5 Å². The Bertz CT molecular complexity index is 653. The van der Waals surface area contributed by atoms with Crippen LogP contribution >= 0.6 is 0 Å². The summed E-state index contributed by atoms with van der Waals surface area (Å²) in [6.07, 6.45) is 1.49. The Kier molecular flexibility index (Phi) is 4.50. The number of primary amides is 1. The van der Waals surface area contributed by atoms with Gasteiger partial charge >= 0.3 is 5.97 Å². The molecule has 6 heteroatoms. The van der Waals surface area contributed by atoms with Gasteiger partial charge in [-0.15, -0.1) is 0 Å². The van der Waals surface area contributed by atoms with E-state index in [1.54, 1.807) is 37.3 Å². The van der Waals surface area contributed by atoms with Gasteiger partial charge in [0.2, 0.25) is 5.88 Å². The molecule has 6 nitrogen and oxygen atoms in total. The Morgan fingerprint density at radius 2 is 1.90 bits per heavy atom. The van der Waals surface area contributed by atoms with Crippen molar-refractivity contribution in [2.24, 2.45) is 5.73 Å². The van der Waals surface area contributed by atoms with Crippen molar-refractivity contribution < 1.29 is 19.1 Å². The van der Waals surface area contributed by atoms with Crippen molar-refractivity contribution in [3.05, 3.63) is 53.7 Å². The van der Waals surface area contributed by atoms with Gasteiger partial charge in [-0.25, -0.2) is 9.78 Å². The molecule has 0 fully saturated rings. The van der Waals surface area contributed by atoms with E-state index in [0.29, 0.717) is 17.9 Å². The maximum atomic E-state index is 11.5. The number of amides is 1. The summed E-state index contributed by atoms with van der Waals surface area (Å²) in [6.45, 7) is 2.05. The third-order valence-corrected chi connectivity index (χ3v) is 2.62. The Hall–Kier alpha value is -2.89. The number of hydrogen-bond donors (Lipinski definition) is 1. The Morgan fingerprint density at radius 1 is 1.19 bits per heavy atom. The zero-order valence-electron chi connectivity index (χ0n) is 11.4. The minimum Gasteiger partial charge on any atom is -0.462 e. The molecule has 1 heterocycles. The summed E-state index contributed by atoms with van der Waals surface area (Å²) in [5, 5.41) is 0. The molecule has 0 atom stereocenters. The van der Waals surface area contributed by atoms with Gasteiger partial charge in [0, 0.05) is 6.20 Å². The summed E-state index contributed by atoms with van der Waals surface area (Å²) in [4.78, 5) is 26.8. The van der Waals surface area contributed by atoms with Gasteiger partial charge in [0.1, 0.15) is 11.3 Å². The molecule has 0 bridgehead atoms. The van der Waals surface area contributed by atoms with Crippen molar-refractivity contribution in [3.8, 4) is 11.6 Å². The van der Waals surface area contributed by atoms with Gasteiger partial charge in [-0.2, -0.15) is 0 Å². The third kappa shape index (κ3) is 3.56. The maximum absolute atomic E-state index is 11.5. The van der Waals surface area contributed by atoms with Crippen LogP contribution < -0.4 is 10.5 Å². The highest BCUT2D eigenvalue weighted by molar-refractivity contribution is 5.95. The van der Waals surface area contributed by atoms with E-state index in [-0.39, 0.29) is 11.4 Å². The summed E-state index contributed by atoms with van der Waals surface area (Å²) in [7, 11) is 0. The molecule has 1 aromatic carbocycles. The van der Waals surface area contributed by atoms with Crippen LogP contribution in [0.25, 0.3) is 0 Å². The molecule has 2 rings (SSSR count). The molecule has 1 amide bonds. The van der Waals surface area contributed by atoms with Crippen molar-refractivity contribution in [1.29, 1.82) is 0 Å². The van der Waals surface area contributed by atoms with Crippen molar-refractivity contribution >= 4 is 11.9 Å². The summed E-state index contributed by atoms with van der Waals surface area (Å²) in [5.41, 5.74) is 5.85. The van der Waals surface area contributed by atoms with Gasteiger partial charge in [0.05, 0.1) is 12.2 Å². The second kappa shape index (κ2) is 6.51.